The highest BCUT2D eigenvalue weighted by atomic mass is 16.7. The van der Waals surface area contributed by atoms with Crippen molar-refractivity contribution in [3.05, 3.63) is 17.5 Å². The first kappa shape index (κ1) is 13.6. The summed E-state index contributed by atoms with van der Waals surface area (Å²) in [5.74, 6) is 0.643. The summed E-state index contributed by atoms with van der Waals surface area (Å²) < 4.78 is 11.1. The minimum absolute atomic E-state index is 0.325. The van der Waals surface area contributed by atoms with Crippen LogP contribution in [0.5, 0.6) is 0 Å². The molecule has 18 heavy (non-hydrogen) atoms. The number of nitrogens with zero attached hydrogens (tertiary/aromatic N) is 1. The van der Waals surface area contributed by atoms with Crippen molar-refractivity contribution in [3.8, 4) is 0 Å². The Hall–Kier alpha value is -0.870. The molecule has 1 saturated carbocycles. The summed E-state index contributed by atoms with van der Waals surface area (Å²) in [6.45, 7) is 5.22. The van der Waals surface area contributed by atoms with Gasteiger partial charge in [0.15, 0.2) is 0 Å². The van der Waals surface area contributed by atoms with Gasteiger partial charge in [0, 0.05) is 24.8 Å². The highest BCUT2D eigenvalue weighted by Crippen LogP contribution is 2.32. The smallest absolute Gasteiger partial charge is 0.202 e. The van der Waals surface area contributed by atoms with Crippen LogP contribution in [0.1, 0.15) is 69.5 Å². The van der Waals surface area contributed by atoms with Crippen molar-refractivity contribution in [2.75, 3.05) is 13.2 Å². The monoisotopic (exact) mass is 252 g/mol. The number of H-pyrrole nitrogens is 1. The summed E-state index contributed by atoms with van der Waals surface area (Å²) in [6.07, 6.45) is 6.26. The van der Waals surface area contributed by atoms with E-state index in [0.29, 0.717) is 19.1 Å². The van der Waals surface area contributed by atoms with E-state index in [1.54, 1.807) is 0 Å². The number of hydrogen-bond acceptors (Lipinski definition) is 3. The topological polar surface area (TPSA) is 47.1 Å². The van der Waals surface area contributed by atoms with Gasteiger partial charge in [0.2, 0.25) is 6.29 Å². The molecule has 0 aromatic carbocycles. The third-order valence-corrected chi connectivity index (χ3v) is 3.54. The Labute approximate surface area is 109 Å². The number of aromatic nitrogens is 2. The Morgan fingerprint density at radius 1 is 1.22 bits per heavy atom. The van der Waals surface area contributed by atoms with Crippen molar-refractivity contribution < 1.29 is 9.47 Å². The molecule has 4 nitrogen and oxygen atoms in total. The van der Waals surface area contributed by atoms with Crippen molar-refractivity contribution in [1.29, 1.82) is 0 Å². The fourth-order valence-corrected chi connectivity index (χ4v) is 2.62. The third-order valence-electron chi connectivity index (χ3n) is 3.54. The molecule has 1 aliphatic rings. The van der Waals surface area contributed by atoms with E-state index in [9.17, 15) is 0 Å². The lowest BCUT2D eigenvalue weighted by Crippen LogP contribution is -2.09. The van der Waals surface area contributed by atoms with Crippen LogP contribution in [0.2, 0.25) is 0 Å². The van der Waals surface area contributed by atoms with Gasteiger partial charge in [-0.3, -0.25) is 5.10 Å². The Kier molecular flexibility index (Phi) is 5.20. The summed E-state index contributed by atoms with van der Waals surface area (Å²) >= 11 is 0. The summed E-state index contributed by atoms with van der Waals surface area (Å²) in [5.41, 5.74) is 2.12. The van der Waals surface area contributed by atoms with E-state index in [4.69, 9.17) is 9.47 Å². The van der Waals surface area contributed by atoms with Gasteiger partial charge in [-0.15, -0.1) is 0 Å². The van der Waals surface area contributed by atoms with Gasteiger partial charge in [-0.2, -0.15) is 5.10 Å². The van der Waals surface area contributed by atoms with Gasteiger partial charge in [0.25, 0.3) is 0 Å². The minimum atomic E-state index is -0.325. The predicted octanol–water partition coefficient (Wildman–Crippen LogP) is 3.53. The first-order chi connectivity index (χ1) is 8.85. The van der Waals surface area contributed by atoms with E-state index in [0.717, 1.165) is 5.69 Å². The van der Waals surface area contributed by atoms with Crippen LogP contribution < -0.4 is 0 Å². The van der Waals surface area contributed by atoms with E-state index in [-0.39, 0.29) is 6.29 Å². The average Bonchev–Trinajstić information content (AvgIpc) is 2.89. The molecule has 0 bridgehead atoms. The van der Waals surface area contributed by atoms with Gasteiger partial charge in [-0.05, 0) is 32.8 Å². The van der Waals surface area contributed by atoms with Crippen molar-refractivity contribution in [3.63, 3.8) is 0 Å². The van der Waals surface area contributed by atoms with Crippen molar-refractivity contribution in [2.45, 2.75) is 58.2 Å². The minimum Gasteiger partial charge on any atom is -0.347 e. The molecule has 1 aliphatic carbocycles. The van der Waals surface area contributed by atoms with Gasteiger partial charge < -0.3 is 9.47 Å². The molecular weight excluding hydrogens is 228 g/mol. The standard InChI is InChI=1S/C14H24N2O2/c1-3-17-14(18-4-2)13-10-12(15-16-13)11-8-6-5-7-9-11/h10-11,14H,3-9H2,1-2H3,(H,15,16). The largest absolute Gasteiger partial charge is 0.347 e. The maximum absolute atomic E-state index is 5.56. The van der Waals surface area contributed by atoms with Gasteiger partial charge in [-0.1, -0.05) is 19.3 Å². The van der Waals surface area contributed by atoms with Crippen LogP contribution in [0, 0.1) is 0 Å². The normalized spacial score (nSPS) is 17.5. The van der Waals surface area contributed by atoms with Crippen LogP contribution in [0.25, 0.3) is 0 Å². The summed E-state index contributed by atoms with van der Waals surface area (Å²) in [4.78, 5) is 0. The molecule has 4 heteroatoms. The van der Waals surface area contributed by atoms with Crippen molar-refractivity contribution >= 4 is 0 Å². The lowest BCUT2D eigenvalue weighted by Gasteiger charge is -2.19. The molecular formula is C14H24N2O2. The van der Waals surface area contributed by atoms with Crippen molar-refractivity contribution in [1.82, 2.24) is 10.2 Å². The molecule has 1 aromatic rings. The van der Waals surface area contributed by atoms with Gasteiger partial charge in [0.05, 0.1) is 0 Å². The Balaban J connectivity index is 2.02. The molecule has 0 atom stereocenters. The average molecular weight is 252 g/mol. The first-order valence-electron chi connectivity index (χ1n) is 7.13. The van der Waals surface area contributed by atoms with Gasteiger partial charge >= 0.3 is 0 Å². The van der Waals surface area contributed by atoms with E-state index >= 15 is 0 Å². The Morgan fingerprint density at radius 3 is 2.50 bits per heavy atom. The molecule has 0 unspecified atom stereocenters. The molecule has 0 saturated heterocycles. The second-order valence-corrected chi connectivity index (χ2v) is 4.83. The number of ether oxygens (including phenoxy) is 2. The molecule has 0 amide bonds. The highest BCUT2D eigenvalue weighted by molar-refractivity contribution is 5.14. The maximum Gasteiger partial charge on any atom is 0.202 e. The molecule has 0 radical (unpaired) electrons. The molecule has 1 N–H and O–H groups in total. The number of nitrogens with one attached hydrogen (secondary N) is 1. The zero-order valence-electron chi connectivity index (χ0n) is 11.4. The zero-order chi connectivity index (χ0) is 12.8. The molecule has 1 heterocycles. The molecule has 2 rings (SSSR count). The van der Waals surface area contributed by atoms with Crippen LogP contribution in [-0.2, 0) is 9.47 Å². The van der Waals surface area contributed by atoms with E-state index in [1.165, 1.54) is 37.8 Å². The number of rotatable bonds is 6. The van der Waals surface area contributed by atoms with Crippen LogP contribution in [0.15, 0.2) is 6.07 Å². The summed E-state index contributed by atoms with van der Waals surface area (Å²) in [7, 11) is 0. The SMILES string of the molecule is CCOC(OCC)c1cc(C2CCCCC2)[nH]n1. The molecule has 0 spiro atoms. The third kappa shape index (κ3) is 3.33. The van der Waals surface area contributed by atoms with Crippen LogP contribution >= 0.6 is 0 Å². The molecule has 0 aliphatic heterocycles. The molecule has 102 valence electrons. The lowest BCUT2D eigenvalue weighted by molar-refractivity contribution is -0.142. The van der Waals surface area contributed by atoms with Crippen LogP contribution in [-0.4, -0.2) is 23.4 Å². The second-order valence-electron chi connectivity index (χ2n) is 4.83. The lowest BCUT2D eigenvalue weighted by atomic mass is 9.87. The highest BCUT2D eigenvalue weighted by Gasteiger charge is 2.21. The second kappa shape index (κ2) is 6.90. The maximum atomic E-state index is 5.56. The Morgan fingerprint density at radius 2 is 1.89 bits per heavy atom. The fraction of sp³-hybridized carbons (Fsp3) is 0.786. The molecule has 1 fully saturated rings. The fourth-order valence-electron chi connectivity index (χ4n) is 2.62. The van der Waals surface area contributed by atoms with Crippen LogP contribution in [0.4, 0.5) is 0 Å². The van der Waals surface area contributed by atoms with Gasteiger partial charge in [0.1, 0.15) is 5.69 Å². The van der Waals surface area contributed by atoms with Gasteiger partial charge in [-0.25, -0.2) is 0 Å². The molecule has 1 aromatic heterocycles. The zero-order valence-corrected chi connectivity index (χ0v) is 11.4. The predicted molar refractivity (Wildman–Crippen MR) is 70.4 cm³/mol. The number of hydrogen-bond donors (Lipinski definition) is 1. The first-order valence-corrected chi connectivity index (χ1v) is 7.13. The summed E-state index contributed by atoms with van der Waals surface area (Å²) in [6, 6.07) is 2.12. The Bertz CT molecular complexity index is 339. The van der Waals surface area contributed by atoms with Crippen molar-refractivity contribution in [2.24, 2.45) is 0 Å². The van der Waals surface area contributed by atoms with E-state index in [1.807, 2.05) is 13.8 Å². The van der Waals surface area contributed by atoms with E-state index < -0.39 is 0 Å². The van der Waals surface area contributed by atoms with E-state index in [2.05, 4.69) is 16.3 Å². The summed E-state index contributed by atoms with van der Waals surface area (Å²) in [5, 5.41) is 7.52. The number of aromatic amines is 1. The quantitative estimate of drug-likeness (QED) is 0.788. The van der Waals surface area contributed by atoms with Crippen LogP contribution in [0.3, 0.4) is 0 Å².